The third-order valence-corrected chi connectivity index (χ3v) is 11.7. The minimum Gasteiger partial charge on any atom is -0.372 e. The average molecular weight is 638 g/mol. The van der Waals surface area contributed by atoms with Crippen LogP contribution < -0.4 is 4.90 Å². The van der Waals surface area contributed by atoms with Crippen molar-refractivity contribution in [2.75, 3.05) is 50.7 Å². The molecular formula is C33H43N5O4S2. The van der Waals surface area contributed by atoms with E-state index < -0.39 is 26.2 Å². The van der Waals surface area contributed by atoms with Crippen molar-refractivity contribution in [2.24, 2.45) is 4.40 Å². The quantitative estimate of drug-likeness (QED) is 0.227. The van der Waals surface area contributed by atoms with E-state index in [0.717, 1.165) is 61.4 Å². The maximum Gasteiger partial charge on any atom is 0.283 e. The topological polar surface area (TPSA) is 93.6 Å². The van der Waals surface area contributed by atoms with Crippen LogP contribution in [0.3, 0.4) is 0 Å². The molecule has 0 N–H and O–H groups in total. The zero-order valence-electron chi connectivity index (χ0n) is 26.1. The number of hydrogen-bond donors (Lipinski definition) is 0. The number of anilines is 1. The molecule has 0 bridgehead atoms. The van der Waals surface area contributed by atoms with Gasteiger partial charge in [0.25, 0.3) is 10.0 Å². The number of rotatable bonds is 10. The van der Waals surface area contributed by atoms with Gasteiger partial charge in [0.15, 0.2) is 0 Å². The second-order valence-electron chi connectivity index (χ2n) is 11.5. The lowest BCUT2D eigenvalue weighted by molar-refractivity contribution is 0.271. The molecule has 0 spiro atoms. The van der Waals surface area contributed by atoms with E-state index >= 15 is 0 Å². The molecule has 3 aromatic carbocycles. The Labute approximate surface area is 262 Å². The van der Waals surface area contributed by atoms with E-state index in [4.69, 9.17) is 0 Å². The average Bonchev–Trinajstić information content (AvgIpc) is 3.69. The molecule has 236 valence electrons. The summed E-state index contributed by atoms with van der Waals surface area (Å²) in [6, 6.07) is 21.4. The maximum atomic E-state index is 14.2. The Morgan fingerprint density at radius 2 is 1.30 bits per heavy atom. The lowest BCUT2D eigenvalue weighted by atomic mass is 10.1. The van der Waals surface area contributed by atoms with Gasteiger partial charge in [-0.15, -0.1) is 4.40 Å². The van der Waals surface area contributed by atoms with Gasteiger partial charge < -0.3 is 9.80 Å². The number of hydrogen-bond acceptors (Lipinski definition) is 6. The van der Waals surface area contributed by atoms with E-state index in [9.17, 15) is 16.8 Å². The lowest BCUT2D eigenvalue weighted by Crippen LogP contribution is -2.42. The highest BCUT2D eigenvalue weighted by atomic mass is 32.2. The summed E-state index contributed by atoms with van der Waals surface area (Å²) in [5.74, 6) is 0.354. The van der Waals surface area contributed by atoms with Crippen molar-refractivity contribution in [3.05, 3.63) is 89.5 Å². The van der Waals surface area contributed by atoms with Crippen LogP contribution >= 0.6 is 0 Å². The summed E-state index contributed by atoms with van der Waals surface area (Å²) in [4.78, 5) is 6.62. The first kappa shape index (κ1) is 32.2. The first-order valence-corrected chi connectivity index (χ1v) is 18.2. The minimum atomic E-state index is -4.05. The molecule has 0 saturated carbocycles. The summed E-state index contributed by atoms with van der Waals surface area (Å²) in [6.07, 6.45) is 1.30. The smallest absolute Gasteiger partial charge is 0.283 e. The third kappa shape index (κ3) is 6.86. The van der Waals surface area contributed by atoms with Gasteiger partial charge in [0, 0.05) is 31.9 Å². The zero-order valence-corrected chi connectivity index (χ0v) is 27.7. The molecule has 11 heteroatoms. The number of benzene rings is 3. The van der Waals surface area contributed by atoms with Gasteiger partial charge in [-0.1, -0.05) is 47.5 Å². The van der Waals surface area contributed by atoms with Crippen LogP contribution in [0.25, 0.3) is 0 Å². The van der Waals surface area contributed by atoms with Gasteiger partial charge >= 0.3 is 0 Å². The zero-order chi connectivity index (χ0) is 31.5. The number of aryl methyl sites for hydroxylation is 2. The van der Waals surface area contributed by atoms with Crippen molar-refractivity contribution >= 4 is 31.6 Å². The summed E-state index contributed by atoms with van der Waals surface area (Å²) in [6.45, 7) is 12.2. The van der Waals surface area contributed by atoms with E-state index in [2.05, 4.69) is 28.0 Å². The molecule has 1 unspecified atom stereocenters. The van der Waals surface area contributed by atoms with Crippen molar-refractivity contribution < 1.29 is 16.8 Å². The van der Waals surface area contributed by atoms with Gasteiger partial charge in [0.1, 0.15) is 12.0 Å². The minimum absolute atomic E-state index is 0.116. The van der Waals surface area contributed by atoms with E-state index in [0.29, 0.717) is 18.9 Å². The molecule has 2 aliphatic rings. The molecule has 2 aliphatic heterocycles. The summed E-state index contributed by atoms with van der Waals surface area (Å²) in [5, 5.41) is 0. The molecule has 0 aromatic heterocycles. The number of amidine groups is 1. The summed E-state index contributed by atoms with van der Waals surface area (Å²) in [5.41, 5.74) is 3.73. The molecule has 2 saturated heterocycles. The van der Waals surface area contributed by atoms with Gasteiger partial charge in [-0.3, -0.25) is 4.90 Å². The Morgan fingerprint density at radius 1 is 0.750 bits per heavy atom. The molecule has 2 heterocycles. The van der Waals surface area contributed by atoms with E-state index in [-0.39, 0.29) is 16.3 Å². The van der Waals surface area contributed by atoms with Crippen molar-refractivity contribution in [1.29, 1.82) is 0 Å². The highest BCUT2D eigenvalue weighted by Crippen LogP contribution is 2.37. The third-order valence-electron chi connectivity index (χ3n) is 8.52. The van der Waals surface area contributed by atoms with Crippen molar-refractivity contribution in [2.45, 2.75) is 56.5 Å². The second kappa shape index (κ2) is 13.4. The SMILES string of the molecule is CCN(CC)c1ccc(C2N(/C(CN3CCCC3)=N\S(=O)(=O)c3ccc(C)cc3)CCN2S(=O)(=O)c2ccc(C)cc2)cc1. The van der Waals surface area contributed by atoms with Gasteiger partial charge in [-0.05, 0) is 95.6 Å². The molecule has 0 aliphatic carbocycles. The van der Waals surface area contributed by atoms with Crippen LogP contribution in [-0.4, -0.2) is 82.6 Å². The monoisotopic (exact) mass is 637 g/mol. The standard InChI is InChI=1S/C33H43N5O4S2/c1-5-36(6-2)29-15-13-28(14-16-29)33-37(23-24-38(33)44(41,42)31-19-11-27(4)12-20-31)32(25-35-21-7-8-22-35)34-43(39,40)30-17-9-26(3)10-18-30/h9-20,33H,5-8,21-25H2,1-4H3/b34-32-. The van der Waals surface area contributed by atoms with Crippen molar-refractivity contribution in [3.8, 4) is 0 Å². The summed E-state index contributed by atoms with van der Waals surface area (Å²) >= 11 is 0. The number of nitrogens with zero attached hydrogens (tertiary/aromatic N) is 5. The maximum absolute atomic E-state index is 14.2. The van der Waals surface area contributed by atoms with Crippen LogP contribution in [0.1, 0.15) is 49.5 Å². The molecular weight excluding hydrogens is 595 g/mol. The highest BCUT2D eigenvalue weighted by Gasteiger charge is 2.43. The van der Waals surface area contributed by atoms with Crippen LogP contribution in [0, 0.1) is 13.8 Å². The van der Waals surface area contributed by atoms with E-state index in [1.807, 2.05) is 43.0 Å². The van der Waals surface area contributed by atoms with Crippen molar-refractivity contribution in [1.82, 2.24) is 14.1 Å². The molecule has 3 aromatic rings. The molecule has 44 heavy (non-hydrogen) atoms. The first-order chi connectivity index (χ1) is 21.0. The number of likely N-dealkylation sites (tertiary alicyclic amines) is 1. The van der Waals surface area contributed by atoms with E-state index in [1.54, 1.807) is 48.5 Å². The molecule has 9 nitrogen and oxygen atoms in total. The van der Waals surface area contributed by atoms with Gasteiger partial charge in [0.05, 0.1) is 16.3 Å². The van der Waals surface area contributed by atoms with Crippen LogP contribution in [0.2, 0.25) is 0 Å². The van der Waals surface area contributed by atoms with Crippen molar-refractivity contribution in [3.63, 3.8) is 0 Å². The van der Waals surface area contributed by atoms with Crippen LogP contribution in [0.4, 0.5) is 5.69 Å². The molecule has 0 amide bonds. The Morgan fingerprint density at radius 3 is 1.84 bits per heavy atom. The van der Waals surface area contributed by atoms with Crippen LogP contribution in [-0.2, 0) is 20.0 Å². The predicted molar refractivity (Wildman–Crippen MR) is 176 cm³/mol. The predicted octanol–water partition coefficient (Wildman–Crippen LogP) is 5.04. The lowest BCUT2D eigenvalue weighted by Gasteiger charge is -2.33. The molecule has 1 atom stereocenters. The first-order valence-electron chi connectivity index (χ1n) is 15.4. The van der Waals surface area contributed by atoms with Crippen LogP contribution in [0.5, 0.6) is 0 Å². The van der Waals surface area contributed by atoms with Gasteiger partial charge in [-0.25, -0.2) is 8.42 Å². The molecule has 2 fully saturated rings. The van der Waals surface area contributed by atoms with Gasteiger partial charge in [0.2, 0.25) is 10.0 Å². The number of sulfonamides is 2. The van der Waals surface area contributed by atoms with Gasteiger partial charge in [-0.2, -0.15) is 12.7 Å². The normalized spacial score (nSPS) is 18.7. The Hall–Kier alpha value is -3.25. The molecule has 0 radical (unpaired) electrons. The molecule has 5 rings (SSSR count). The Kier molecular flexibility index (Phi) is 9.79. The highest BCUT2D eigenvalue weighted by molar-refractivity contribution is 7.90. The fourth-order valence-electron chi connectivity index (χ4n) is 5.98. The summed E-state index contributed by atoms with van der Waals surface area (Å²) in [7, 11) is -7.97. The van der Waals surface area contributed by atoms with Crippen LogP contribution in [0.15, 0.2) is 87.0 Å². The Balaban J connectivity index is 1.62. The fourth-order valence-corrected chi connectivity index (χ4v) is 8.58. The fraction of sp³-hybridized carbons (Fsp3) is 0.424. The Bertz CT molecular complexity index is 1660. The largest absolute Gasteiger partial charge is 0.372 e. The second-order valence-corrected chi connectivity index (χ2v) is 15.0. The van der Waals surface area contributed by atoms with E-state index in [1.165, 1.54) is 4.31 Å². The summed E-state index contributed by atoms with van der Waals surface area (Å²) < 4.78 is 61.6.